The maximum Gasteiger partial charge on any atom is 0.228 e. The predicted octanol–water partition coefficient (Wildman–Crippen LogP) is 4.43. The van der Waals surface area contributed by atoms with E-state index in [2.05, 4.69) is 10.3 Å². The lowest BCUT2D eigenvalue weighted by Crippen LogP contribution is -2.14. The molecule has 0 radical (unpaired) electrons. The molecule has 6 heteroatoms. The number of nitrogens with zero attached hydrogens (tertiary/aromatic N) is 2. The second-order valence-electron chi connectivity index (χ2n) is 6.87. The molecule has 27 heavy (non-hydrogen) atoms. The Morgan fingerprint density at radius 1 is 1.22 bits per heavy atom. The van der Waals surface area contributed by atoms with Crippen LogP contribution in [0.1, 0.15) is 25.5 Å². The average molecular weight is 380 g/mol. The van der Waals surface area contributed by atoms with Gasteiger partial charge in [0.05, 0.1) is 11.4 Å². The smallest absolute Gasteiger partial charge is 0.228 e. The van der Waals surface area contributed by atoms with E-state index >= 15 is 0 Å². The molecule has 1 saturated carbocycles. The summed E-state index contributed by atoms with van der Waals surface area (Å²) in [6.07, 6.45) is 3.76. The van der Waals surface area contributed by atoms with Gasteiger partial charge in [-0.2, -0.15) is 0 Å². The van der Waals surface area contributed by atoms with E-state index in [-0.39, 0.29) is 24.0 Å². The van der Waals surface area contributed by atoms with Crippen LogP contribution in [-0.2, 0) is 16.0 Å². The number of pyridine rings is 2. The third-order valence-corrected chi connectivity index (χ3v) is 4.89. The number of hydrogen-bond acceptors (Lipinski definition) is 4. The van der Waals surface area contributed by atoms with Gasteiger partial charge in [-0.25, -0.2) is 4.98 Å². The number of amides is 1. The molecule has 3 aromatic rings. The molecule has 1 amide bonds. The molecule has 0 bridgehead atoms. The van der Waals surface area contributed by atoms with Crippen LogP contribution in [0.2, 0.25) is 5.02 Å². The molecule has 136 valence electrons. The summed E-state index contributed by atoms with van der Waals surface area (Å²) >= 11 is 6.32. The minimum Gasteiger partial charge on any atom is -0.310 e. The van der Waals surface area contributed by atoms with Gasteiger partial charge in [0.1, 0.15) is 11.6 Å². The second-order valence-corrected chi connectivity index (χ2v) is 7.27. The van der Waals surface area contributed by atoms with Crippen molar-refractivity contribution in [2.45, 2.75) is 26.2 Å². The van der Waals surface area contributed by atoms with Gasteiger partial charge in [-0.15, -0.1) is 0 Å². The monoisotopic (exact) mass is 379 g/mol. The highest BCUT2D eigenvalue weighted by molar-refractivity contribution is 6.33. The van der Waals surface area contributed by atoms with Crippen LogP contribution in [-0.4, -0.2) is 21.7 Å². The molecule has 0 spiro atoms. The van der Waals surface area contributed by atoms with Gasteiger partial charge in [-0.05, 0) is 38.0 Å². The molecule has 1 aromatic carbocycles. The highest BCUT2D eigenvalue weighted by Gasteiger charge is 2.29. The van der Waals surface area contributed by atoms with Gasteiger partial charge in [-0.1, -0.05) is 29.8 Å². The highest BCUT2D eigenvalue weighted by atomic mass is 35.5. The number of rotatable bonds is 5. The molecule has 2 heterocycles. The first-order valence-corrected chi connectivity index (χ1v) is 9.24. The molecule has 0 saturated heterocycles. The van der Waals surface area contributed by atoms with E-state index < -0.39 is 0 Å². The average Bonchev–Trinajstić information content (AvgIpc) is 3.47. The first-order valence-electron chi connectivity index (χ1n) is 8.86. The Morgan fingerprint density at radius 3 is 2.70 bits per heavy atom. The third-order valence-electron chi connectivity index (χ3n) is 4.56. The lowest BCUT2D eigenvalue weighted by Gasteiger charge is -2.11. The Hall–Kier alpha value is -2.79. The van der Waals surface area contributed by atoms with Gasteiger partial charge >= 0.3 is 0 Å². The fraction of sp³-hybridized carbons (Fsp3) is 0.238. The number of aromatic nitrogens is 2. The summed E-state index contributed by atoms with van der Waals surface area (Å²) in [6.45, 7) is 1.53. The molecular weight excluding hydrogens is 362 g/mol. The zero-order valence-electron chi connectivity index (χ0n) is 14.8. The largest absolute Gasteiger partial charge is 0.310 e. The number of nitrogens with one attached hydrogen (secondary N) is 1. The summed E-state index contributed by atoms with van der Waals surface area (Å²) in [7, 11) is 0. The maximum absolute atomic E-state index is 12.0. The quantitative estimate of drug-likeness (QED) is 0.711. The molecular formula is C21H18ClN3O2. The van der Waals surface area contributed by atoms with Crippen LogP contribution in [0.5, 0.6) is 0 Å². The minimum absolute atomic E-state index is 0.00406. The van der Waals surface area contributed by atoms with Crippen LogP contribution in [0.3, 0.4) is 0 Å². The minimum atomic E-state index is -0.00406. The normalized spacial score (nSPS) is 13.6. The molecule has 0 unspecified atom stereocenters. The maximum atomic E-state index is 12.0. The first kappa shape index (κ1) is 17.6. The van der Waals surface area contributed by atoms with Crippen molar-refractivity contribution < 1.29 is 9.59 Å². The van der Waals surface area contributed by atoms with Crippen LogP contribution < -0.4 is 5.32 Å². The Kier molecular flexibility index (Phi) is 4.62. The highest BCUT2D eigenvalue weighted by Crippen LogP contribution is 2.32. The molecule has 1 N–H and O–H groups in total. The van der Waals surface area contributed by atoms with Crippen molar-refractivity contribution in [2.24, 2.45) is 5.92 Å². The van der Waals surface area contributed by atoms with Gasteiger partial charge in [0.25, 0.3) is 0 Å². The van der Waals surface area contributed by atoms with Crippen molar-refractivity contribution in [2.75, 3.05) is 5.32 Å². The van der Waals surface area contributed by atoms with Gasteiger partial charge in [0.15, 0.2) is 0 Å². The van der Waals surface area contributed by atoms with Crippen LogP contribution in [0.4, 0.5) is 5.82 Å². The summed E-state index contributed by atoms with van der Waals surface area (Å²) in [5, 5.41) is 5.10. The van der Waals surface area contributed by atoms with E-state index in [0.717, 1.165) is 29.2 Å². The van der Waals surface area contributed by atoms with Crippen molar-refractivity contribution in [3.8, 4) is 11.3 Å². The van der Waals surface area contributed by atoms with E-state index in [1.165, 1.54) is 6.92 Å². The lowest BCUT2D eigenvalue weighted by molar-refractivity contribution is -0.117. The molecule has 1 aliphatic rings. The van der Waals surface area contributed by atoms with E-state index in [1.54, 1.807) is 12.3 Å². The van der Waals surface area contributed by atoms with Crippen LogP contribution in [0, 0.1) is 5.92 Å². The van der Waals surface area contributed by atoms with E-state index in [9.17, 15) is 9.59 Å². The Bertz CT molecular complexity index is 1060. The number of hydrogen-bond donors (Lipinski definition) is 1. The number of carbonyl (C=O) groups excluding carboxylic acids is 2. The number of halogens is 1. The number of carbonyl (C=O) groups is 2. The third kappa shape index (κ3) is 3.83. The summed E-state index contributed by atoms with van der Waals surface area (Å²) in [5.74, 6) is 0.590. The second kappa shape index (κ2) is 7.08. The number of anilines is 1. The zero-order valence-corrected chi connectivity index (χ0v) is 15.6. The van der Waals surface area contributed by atoms with E-state index in [4.69, 9.17) is 16.6 Å². The van der Waals surface area contributed by atoms with Crippen molar-refractivity contribution in [3.63, 3.8) is 0 Å². The van der Waals surface area contributed by atoms with Gasteiger partial charge in [0.2, 0.25) is 5.91 Å². The lowest BCUT2D eigenvalue weighted by atomic mass is 10.0. The van der Waals surface area contributed by atoms with Crippen LogP contribution in [0.25, 0.3) is 22.0 Å². The first-order chi connectivity index (χ1) is 13.0. The van der Waals surface area contributed by atoms with Crippen molar-refractivity contribution in [1.29, 1.82) is 0 Å². The Morgan fingerprint density at radius 2 is 2.00 bits per heavy atom. The van der Waals surface area contributed by atoms with Crippen LogP contribution >= 0.6 is 11.6 Å². The summed E-state index contributed by atoms with van der Waals surface area (Å²) < 4.78 is 0. The molecule has 2 aromatic heterocycles. The Labute approximate surface area is 161 Å². The standard InChI is InChI=1S/C21H18ClN3O2/c1-12(26)8-18-16-10-20(25-21(27)13-6-7-13)23-11-14(16)9-19(24-18)15-4-2-3-5-17(15)22/h2-5,9-11,13H,6-8H2,1H3,(H,23,25,27). The molecule has 1 fully saturated rings. The molecule has 1 aliphatic carbocycles. The SMILES string of the molecule is CC(=O)Cc1nc(-c2ccccc2Cl)cc2cnc(NC(=O)C3CC3)cc12. The van der Waals surface area contributed by atoms with Crippen molar-refractivity contribution >= 4 is 39.9 Å². The van der Waals surface area contributed by atoms with Gasteiger partial charge < -0.3 is 5.32 Å². The van der Waals surface area contributed by atoms with Crippen molar-refractivity contribution in [1.82, 2.24) is 9.97 Å². The van der Waals surface area contributed by atoms with E-state index in [0.29, 0.717) is 22.2 Å². The summed E-state index contributed by atoms with van der Waals surface area (Å²) in [5.41, 5.74) is 2.15. The predicted molar refractivity (Wildman–Crippen MR) is 106 cm³/mol. The number of ketones is 1. The molecule has 4 rings (SSSR count). The topological polar surface area (TPSA) is 72.0 Å². The fourth-order valence-corrected chi connectivity index (χ4v) is 3.27. The number of Topliss-reactive ketones (excluding diaryl/α,β-unsaturated/α-hetero) is 1. The number of fused-ring (bicyclic) bond motifs is 1. The zero-order chi connectivity index (χ0) is 19.0. The molecule has 0 aliphatic heterocycles. The molecule has 0 atom stereocenters. The van der Waals surface area contributed by atoms with Crippen LogP contribution in [0.15, 0.2) is 42.6 Å². The van der Waals surface area contributed by atoms with Gasteiger partial charge in [0, 0.05) is 39.9 Å². The number of benzene rings is 1. The van der Waals surface area contributed by atoms with Crippen molar-refractivity contribution in [3.05, 3.63) is 53.3 Å². The summed E-state index contributed by atoms with van der Waals surface area (Å²) in [6, 6.07) is 11.1. The Balaban J connectivity index is 1.80. The van der Waals surface area contributed by atoms with E-state index in [1.807, 2.05) is 30.3 Å². The van der Waals surface area contributed by atoms with Gasteiger partial charge in [-0.3, -0.25) is 14.6 Å². The summed E-state index contributed by atoms with van der Waals surface area (Å²) in [4.78, 5) is 32.8. The molecule has 5 nitrogen and oxygen atoms in total. The fourth-order valence-electron chi connectivity index (χ4n) is 3.04.